The van der Waals surface area contributed by atoms with E-state index in [-0.39, 0.29) is 11.6 Å². The summed E-state index contributed by atoms with van der Waals surface area (Å²) in [4.78, 5) is 95.4. The van der Waals surface area contributed by atoms with Gasteiger partial charge in [-0.3, -0.25) is 9.59 Å². The first-order chi connectivity index (χ1) is 43.7. The third-order valence-corrected chi connectivity index (χ3v) is 12.9. The Hall–Kier alpha value is -10.9. The molecule has 0 aliphatic heterocycles. The molecule has 0 spiro atoms. The van der Waals surface area contributed by atoms with Crippen molar-refractivity contribution in [2.75, 3.05) is 52.9 Å². The minimum absolute atomic E-state index is 0.126. The summed E-state index contributed by atoms with van der Waals surface area (Å²) in [7, 11) is 0. The van der Waals surface area contributed by atoms with E-state index in [2.05, 4.69) is 26.3 Å². The van der Waals surface area contributed by atoms with Gasteiger partial charge in [0.1, 0.15) is 34.5 Å². The Balaban J connectivity index is 0.000000288. The van der Waals surface area contributed by atoms with Crippen molar-refractivity contribution in [3.8, 4) is 34.5 Å². The van der Waals surface area contributed by atoms with Crippen molar-refractivity contribution in [1.29, 1.82) is 0 Å². The number of rotatable bonds is 36. The van der Waals surface area contributed by atoms with Gasteiger partial charge < -0.3 is 47.4 Å². The molecule has 0 aliphatic rings. The van der Waals surface area contributed by atoms with Crippen LogP contribution in [-0.4, -0.2) is 100 Å². The monoisotopic (exact) mass is 1220 g/mol. The van der Waals surface area contributed by atoms with Crippen LogP contribution in [0.2, 0.25) is 0 Å². The minimum atomic E-state index is -0.539. The Kier molecular flexibility index (Phi) is 28.5. The van der Waals surface area contributed by atoms with Crippen molar-refractivity contribution in [2.24, 2.45) is 0 Å². The maximum Gasteiger partial charge on any atom is 0.343 e. The van der Waals surface area contributed by atoms with Crippen molar-refractivity contribution in [3.63, 3.8) is 0 Å². The van der Waals surface area contributed by atoms with Gasteiger partial charge in [-0.15, -0.1) is 0 Å². The third kappa shape index (κ3) is 23.8. The molecule has 0 unspecified atom stereocenters. The van der Waals surface area contributed by atoms with Crippen LogP contribution in [-0.2, 0) is 38.1 Å². The average molecular weight is 1220 g/mol. The lowest BCUT2D eigenvalue weighted by molar-refractivity contribution is -0.138. The number of hydrogen-bond acceptors (Lipinski definition) is 18. The molecular formula is C72H70O18. The lowest BCUT2D eigenvalue weighted by atomic mass is 10.00. The second kappa shape index (κ2) is 37.6. The fourth-order valence-electron chi connectivity index (χ4n) is 8.05. The van der Waals surface area contributed by atoms with E-state index in [1.807, 2.05) is 6.07 Å². The highest BCUT2D eigenvalue weighted by Crippen LogP contribution is 2.26. The molecule has 0 fully saturated rings. The van der Waals surface area contributed by atoms with E-state index in [1.165, 1.54) is 0 Å². The normalized spacial score (nSPS) is 10.4. The van der Waals surface area contributed by atoms with Crippen LogP contribution in [0.5, 0.6) is 34.5 Å². The highest BCUT2D eigenvalue weighted by atomic mass is 16.6. The Bertz CT molecular complexity index is 3550. The van der Waals surface area contributed by atoms with Crippen LogP contribution in [0.1, 0.15) is 104 Å². The van der Waals surface area contributed by atoms with E-state index in [1.54, 1.807) is 152 Å². The Morgan fingerprint density at radius 3 is 0.844 bits per heavy atom. The SMILES string of the molecule is C=CC(=O)OCCCCOc1ccc(C(=O)Oc2ccc(C(=O)c3ccc(OCCCCOC(=O)C=C)cc3)cc2)cc1.C=CC(=O)OCCCCOc1ccc(C(=O)Oc2ccc3cc(C(=O)c4ccc(OCCCCOC(=O)C=C)cc4)ccc3c2)cc1. The van der Waals surface area contributed by atoms with E-state index in [0.717, 1.165) is 35.1 Å². The summed E-state index contributed by atoms with van der Waals surface area (Å²) in [5.41, 5.74) is 2.72. The first kappa shape index (κ1) is 68.2. The molecule has 0 aliphatic carbocycles. The molecule has 0 bridgehead atoms. The summed E-state index contributed by atoms with van der Waals surface area (Å²) in [6, 6.07) is 43.9. The van der Waals surface area contributed by atoms with Crippen molar-refractivity contribution in [1.82, 2.24) is 0 Å². The number of carbonyl (C=O) groups excluding carboxylic acids is 8. The second-order valence-electron chi connectivity index (χ2n) is 19.5. The topological polar surface area (TPSA) is 229 Å². The maximum absolute atomic E-state index is 13.2. The molecule has 90 heavy (non-hydrogen) atoms. The molecule has 0 heterocycles. The summed E-state index contributed by atoms with van der Waals surface area (Å²) < 4.78 is 53.4. The van der Waals surface area contributed by atoms with Gasteiger partial charge in [-0.1, -0.05) is 44.5 Å². The molecule has 18 nitrogen and oxygen atoms in total. The Labute approximate surface area is 522 Å². The molecule has 0 amide bonds. The molecule has 0 saturated heterocycles. The lowest BCUT2D eigenvalue weighted by Gasteiger charge is -2.09. The third-order valence-electron chi connectivity index (χ3n) is 12.9. The number of benzene rings is 7. The van der Waals surface area contributed by atoms with Crippen LogP contribution in [0.15, 0.2) is 208 Å². The van der Waals surface area contributed by atoms with Gasteiger partial charge >= 0.3 is 35.8 Å². The maximum atomic E-state index is 13.2. The van der Waals surface area contributed by atoms with Gasteiger partial charge in [-0.05, 0) is 202 Å². The molecule has 7 rings (SSSR count). The van der Waals surface area contributed by atoms with Crippen molar-refractivity contribution in [3.05, 3.63) is 242 Å². The Morgan fingerprint density at radius 2 is 0.511 bits per heavy atom. The highest BCUT2D eigenvalue weighted by molar-refractivity contribution is 6.11. The number of fused-ring (bicyclic) bond motifs is 1. The van der Waals surface area contributed by atoms with Crippen LogP contribution >= 0.6 is 0 Å². The van der Waals surface area contributed by atoms with Crippen molar-refractivity contribution in [2.45, 2.75) is 51.4 Å². The lowest BCUT2D eigenvalue weighted by Crippen LogP contribution is -2.09. The number of hydrogen-bond donors (Lipinski definition) is 0. The number of ketones is 2. The molecule has 0 saturated carbocycles. The summed E-state index contributed by atoms with van der Waals surface area (Å²) in [5, 5.41) is 1.65. The van der Waals surface area contributed by atoms with E-state index in [4.69, 9.17) is 47.4 Å². The van der Waals surface area contributed by atoms with Gasteiger partial charge in [0.15, 0.2) is 11.6 Å². The summed E-state index contributed by atoms with van der Waals surface area (Å²) in [5.74, 6) is 0.0574. The number of unbranched alkanes of at least 4 members (excludes halogenated alkanes) is 4. The second-order valence-corrected chi connectivity index (χ2v) is 19.5. The van der Waals surface area contributed by atoms with E-state index in [9.17, 15) is 38.4 Å². The number of carbonyl (C=O) groups is 8. The first-order valence-electron chi connectivity index (χ1n) is 29.0. The largest absolute Gasteiger partial charge is 0.494 e. The molecule has 18 heteroatoms. The quantitative estimate of drug-likeness (QED) is 0.00887. The zero-order valence-electron chi connectivity index (χ0n) is 49.8. The van der Waals surface area contributed by atoms with E-state index >= 15 is 0 Å². The van der Waals surface area contributed by atoms with Crippen LogP contribution in [0.25, 0.3) is 10.8 Å². The van der Waals surface area contributed by atoms with Gasteiger partial charge in [0.05, 0.1) is 64.0 Å². The molecule has 466 valence electrons. The summed E-state index contributed by atoms with van der Waals surface area (Å²) >= 11 is 0. The molecule has 0 aromatic heterocycles. The van der Waals surface area contributed by atoms with E-state index in [0.29, 0.717) is 172 Å². The first-order valence-corrected chi connectivity index (χ1v) is 29.0. The highest BCUT2D eigenvalue weighted by Gasteiger charge is 2.16. The summed E-state index contributed by atoms with van der Waals surface area (Å²) in [6.07, 6.45) is 10.0. The molecule has 0 atom stereocenters. The fourth-order valence-corrected chi connectivity index (χ4v) is 8.05. The van der Waals surface area contributed by atoms with Gasteiger partial charge in [0.2, 0.25) is 0 Å². The predicted octanol–water partition coefficient (Wildman–Crippen LogP) is 13.0. The summed E-state index contributed by atoms with van der Waals surface area (Å²) in [6.45, 7) is 16.4. The standard InChI is InChI=1S/C38H36O9.C34H34O9/c1-3-35(39)45-23-7-5-21-43-32-16-11-27(12-17-32)37(41)31-10-9-30-26-34(20-15-29(30)25-31)47-38(42)28-13-18-33(19-14-28)44-22-6-8-24-46-36(40)4-2;1-3-31(35)41-23-7-5-21-39-28-15-9-25(10-16-28)33(37)26-11-19-30(20-12-26)43-34(38)27-13-17-29(18-14-27)40-22-6-8-24-42-32(36)4-2/h3-4,9-20,25-26H,1-2,5-8,21-24H2;3-4,9-20H,1-2,5-8,21-24H2. The molecule has 7 aromatic rings. The smallest absolute Gasteiger partial charge is 0.343 e. The van der Waals surface area contributed by atoms with Gasteiger partial charge in [0.25, 0.3) is 0 Å². The van der Waals surface area contributed by atoms with Gasteiger partial charge in [-0.25, -0.2) is 28.8 Å². The molecule has 0 radical (unpaired) electrons. The predicted molar refractivity (Wildman–Crippen MR) is 336 cm³/mol. The van der Waals surface area contributed by atoms with E-state index < -0.39 is 35.8 Å². The van der Waals surface area contributed by atoms with Crippen molar-refractivity contribution >= 4 is 58.2 Å². The molecule has 0 N–H and O–H groups in total. The fraction of sp³-hybridized carbons (Fsp3) is 0.222. The average Bonchev–Trinajstić information content (AvgIpc) is 1.36. The molecule has 7 aromatic carbocycles. The number of ether oxygens (including phenoxy) is 10. The van der Waals surface area contributed by atoms with Crippen LogP contribution in [0.3, 0.4) is 0 Å². The van der Waals surface area contributed by atoms with Gasteiger partial charge in [-0.2, -0.15) is 0 Å². The van der Waals surface area contributed by atoms with Crippen LogP contribution in [0, 0.1) is 0 Å². The van der Waals surface area contributed by atoms with Crippen LogP contribution in [0.4, 0.5) is 0 Å². The number of esters is 6. The zero-order chi connectivity index (χ0) is 64.3. The minimum Gasteiger partial charge on any atom is -0.494 e. The van der Waals surface area contributed by atoms with Gasteiger partial charge in [0, 0.05) is 46.6 Å². The Morgan fingerprint density at radius 1 is 0.267 bits per heavy atom. The molecular weight excluding hydrogens is 1150 g/mol. The zero-order valence-corrected chi connectivity index (χ0v) is 49.8. The van der Waals surface area contributed by atoms with Crippen LogP contribution < -0.4 is 28.4 Å². The van der Waals surface area contributed by atoms with Crippen molar-refractivity contribution < 1.29 is 85.7 Å².